The fourth-order valence-corrected chi connectivity index (χ4v) is 2.80. The second-order valence-corrected chi connectivity index (χ2v) is 5.89. The first-order chi connectivity index (χ1) is 8.25. The van der Waals surface area contributed by atoms with Gasteiger partial charge in [-0.15, -0.1) is 0 Å². The van der Waals surface area contributed by atoms with Crippen molar-refractivity contribution in [2.24, 2.45) is 0 Å². The van der Waals surface area contributed by atoms with Gasteiger partial charge in [-0.05, 0) is 24.6 Å². The Morgan fingerprint density at radius 2 is 2.06 bits per heavy atom. The van der Waals surface area contributed by atoms with Crippen molar-refractivity contribution in [2.75, 3.05) is 13.6 Å². The van der Waals surface area contributed by atoms with E-state index in [4.69, 9.17) is 5.11 Å². The average molecular weight is 275 g/mol. The number of rotatable bonds is 5. The number of halogens is 1. The predicted octanol–water partition coefficient (Wildman–Crippen LogP) is 1.23. The number of hydrogen-bond acceptors (Lipinski definition) is 3. The summed E-state index contributed by atoms with van der Waals surface area (Å²) in [6.45, 7) is 1.39. The molecule has 7 heteroatoms. The smallest absolute Gasteiger partial charge is 0.304 e. The maximum absolute atomic E-state index is 13.1. The van der Waals surface area contributed by atoms with Crippen molar-refractivity contribution < 1.29 is 22.7 Å². The Morgan fingerprint density at radius 1 is 1.44 bits per heavy atom. The van der Waals surface area contributed by atoms with E-state index in [1.54, 1.807) is 6.92 Å². The Labute approximate surface area is 105 Å². The highest BCUT2D eigenvalue weighted by Gasteiger charge is 2.23. The van der Waals surface area contributed by atoms with Gasteiger partial charge in [0.2, 0.25) is 10.0 Å². The van der Waals surface area contributed by atoms with Gasteiger partial charge in [0.25, 0.3) is 0 Å². The summed E-state index contributed by atoms with van der Waals surface area (Å²) < 4.78 is 38.2. The molecule has 0 saturated carbocycles. The monoisotopic (exact) mass is 275 g/mol. The van der Waals surface area contributed by atoms with E-state index in [9.17, 15) is 17.6 Å². The van der Waals surface area contributed by atoms with Gasteiger partial charge in [0.05, 0.1) is 11.3 Å². The highest BCUT2D eigenvalue weighted by atomic mass is 32.2. The summed E-state index contributed by atoms with van der Waals surface area (Å²) in [5, 5.41) is 8.52. The first-order valence-corrected chi connectivity index (χ1v) is 6.63. The molecule has 0 atom stereocenters. The number of carboxylic acid groups (broad SMARTS) is 1. The summed E-state index contributed by atoms with van der Waals surface area (Å²) >= 11 is 0. The van der Waals surface area contributed by atoms with Crippen LogP contribution >= 0.6 is 0 Å². The van der Waals surface area contributed by atoms with E-state index in [2.05, 4.69) is 0 Å². The van der Waals surface area contributed by atoms with Crippen molar-refractivity contribution in [2.45, 2.75) is 18.2 Å². The van der Waals surface area contributed by atoms with Crippen LogP contribution in [-0.4, -0.2) is 37.4 Å². The van der Waals surface area contributed by atoms with Gasteiger partial charge in [-0.3, -0.25) is 4.79 Å². The zero-order valence-corrected chi connectivity index (χ0v) is 10.9. The minimum atomic E-state index is -3.86. The van der Waals surface area contributed by atoms with Crippen LogP contribution in [0.5, 0.6) is 0 Å². The Hall–Kier alpha value is -1.47. The molecule has 0 saturated heterocycles. The molecule has 1 aromatic rings. The summed E-state index contributed by atoms with van der Waals surface area (Å²) in [4.78, 5) is 10.3. The molecule has 0 radical (unpaired) electrons. The normalized spacial score (nSPS) is 11.8. The van der Waals surface area contributed by atoms with Gasteiger partial charge in [0.15, 0.2) is 0 Å². The standard InChI is InChI=1S/C11H14FNO4S/c1-8-3-4-9(12)7-10(8)18(16,17)13(2)6-5-11(14)15/h3-4,7H,5-6H2,1-2H3,(H,14,15). The van der Waals surface area contributed by atoms with E-state index in [0.717, 1.165) is 10.4 Å². The molecule has 0 aliphatic heterocycles. The molecule has 1 N–H and O–H groups in total. The number of carboxylic acids is 1. The molecule has 5 nitrogen and oxygen atoms in total. The van der Waals surface area contributed by atoms with E-state index < -0.39 is 21.8 Å². The number of hydrogen-bond donors (Lipinski definition) is 1. The van der Waals surface area contributed by atoms with Gasteiger partial charge < -0.3 is 5.11 Å². The molecule has 18 heavy (non-hydrogen) atoms. The van der Waals surface area contributed by atoms with E-state index in [1.165, 1.54) is 19.2 Å². The largest absolute Gasteiger partial charge is 0.481 e. The van der Waals surface area contributed by atoms with E-state index in [-0.39, 0.29) is 17.9 Å². The van der Waals surface area contributed by atoms with Gasteiger partial charge in [0, 0.05) is 13.6 Å². The number of sulfonamides is 1. The lowest BCUT2D eigenvalue weighted by molar-refractivity contribution is -0.137. The summed E-state index contributed by atoms with van der Waals surface area (Å²) in [5.74, 6) is -1.74. The van der Waals surface area contributed by atoms with Crippen LogP contribution in [0.2, 0.25) is 0 Å². The SMILES string of the molecule is Cc1ccc(F)cc1S(=O)(=O)N(C)CCC(=O)O. The van der Waals surface area contributed by atoms with Gasteiger partial charge >= 0.3 is 5.97 Å². The third-order valence-electron chi connectivity index (χ3n) is 2.48. The van der Waals surface area contributed by atoms with Crippen LogP contribution in [0, 0.1) is 12.7 Å². The Kier molecular flexibility index (Phi) is 4.42. The molecular formula is C11H14FNO4S. The van der Waals surface area contributed by atoms with Crippen molar-refractivity contribution in [3.05, 3.63) is 29.6 Å². The van der Waals surface area contributed by atoms with E-state index >= 15 is 0 Å². The molecule has 0 heterocycles. The quantitative estimate of drug-likeness (QED) is 0.877. The molecule has 1 aromatic carbocycles. The molecular weight excluding hydrogens is 261 g/mol. The van der Waals surface area contributed by atoms with Gasteiger partial charge in [-0.25, -0.2) is 17.1 Å². The first-order valence-electron chi connectivity index (χ1n) is 5.19. The molecule has 0 aliphatic carbocycles. The molecule has 100 valence electrons. The number of carbonyl (C=O) groups is 1. The van der Waals surface area contributed by atoms with Crippen LogP contribution in [0.15, 0.2) is 23.1 Å². The highest BCUT2D eigenvalue weighted by molar-refractivity contribution is 7.89. The van der Waals surface area contributed by atoms with Crippen molar-refractivity contribution >= 4 is 16.0 Å². The molecule has 0 aliphatic rings. The van der Waals surface area contributed by atoms with Crippen LogP contribution in [0.1, 0.15) is 12.0 Å². The Balaban J connectivity index is 3.05. The lowest BCUT2D eigenvalue weighted by atomic mass is 10.2. The number of aryl methyl sites for hydroxylation is 1. The average Bonchev–Trinajstić information content (AvgIpc) is 2.28. The van der Waals surface area contributed by atoms with Crippen LogP contribution in [0.25, 0.3) is 0 Å². The number of aliphatic carboxylic acids is 1. The molecule has 0 fully saturated rings. The molecule has 0 aromatic heterocycles. The van der Waals surface area contributed by atoms with Gasteiger partial charge in [-0.2, -0.15) is 0 Å². The fourth-order valence-electron chi connectivity index (χ4n) is 1.39. The first kappa shape index (κ1) is 14.6. The van der Waals surface area contributed by atoms with Crippen molar-refractivity contribution in [1.29, 1.82) is 0 Å². The summed E-state index contributed by atoms with van der Waals surface area (Å²) in [6, 6.07) is 3.47. The minimum absolute atomic E-state index is 0.143. The molecule has 0 amide bonds. The summed E-state index contributed by atoms with van der Waals surface area (Å²) in [6.07, 6.45) is -0.301. The van der Waals surface area contributed by atoms with Crippen LogP contribution in [-0.2, 0) is 14.8 Å². The number of nitrogens with zero attached hydrogens (tertiary/aromatic N) is 1. The second kappa shape index (κ2) is 5.45. The lowest BCUT2D eigenvalue weighted by Gasteiger charge is -2.17. The summed E-state index contributed by atoms with van der Waals surface area (Å²) in [7, 11) is -2.59. The maximum Gasteiger partial charge on any atom is 0.304 e. The Bertz CT molecular complexity index is 556. The van der Waals surface area contributed by atoms with Crippen molar-refractivity contribution in [3.63, 3.8) is 0 Å². The summed E-state index contributed by atoms with van der Waals surface area (Å²) in [5.41, 5.74) is 0.415. The Morgan fingerprint density at radius 3 is 2.61 bits per heavy atom. The van der Waals surface area contributed by atoms with Crippen LogP contribution in [0.4, 0.5) is 4.39 Å². The van der Waals surface area contributed by atoms with Crippen LogP contribution in [0.3, 0.4) is 0 Å². The highest BCUT2D eigenvalue weighted by Crippen LogP contribution is 2.20. The maximum atomic E-state index is 13.1. The van der Waals surface area contributed by atoms with Crippen LogP contribution < -0.4 is 0 Å². The second-order valence-electron chi connectivity index (χ2n) is 3.88. The molecule has 0 unspecified atom stereocenters. The van der Waals surface area contributed by atoms with E-state index in [0.29, 0.717) is 5.56 Å². The topological polar surface area (TPSA) is 74.7 Å². The van der Waals surface area contributed by atoms with Gasteiger partial charge in [0.1, 0.15) is 5.82 Å². The zero-order chi connectivity index (χ0) is 13.9. The predicted molar refractivity (Wildman–Crippen MR) is 63.2 cm³/mol. The molecule has 0 spiro atoms. The zero-order valence-electron chi connectivity index (χ0n) is 10.1. The van der Waals surface area contributed by atoms with Gasteiger partial charge in [-0.1, -0.05) is 6.07 Å². The molecule has 0 bridgehead atoms. The number of benzene rings is 1. The van der Waals surface area contributed by atoms with E-state index in [1.807, 2.05) is 0 Å². The third kappa shape index (κ3) is 3.27. The lowest BCUT2D eigenvalue weighted by Crippen LogP contribution is -2.29. The fraction of sp³-hybridized carbons (Fsp3) is 0.364. The minimum Gasteiger partial charge on any atom is -0.481 e. The van der Waals surface area contributed by atoms with Crippen molar-refractivity contribution in [1.82, 2.24) is 4.31 Å². The molecule has 1 rings (SSSR count). The van der Waals surface area contributed by atoms with Crippen molar-refractivity contribution in [3.8, 4) is 0 Å². The third-order valence-corrected chi connectivity index (χ3v) is 4.48.